The zero-order valence-electron chi connectivity index (χ0n) is 9.94. The van der Waals surface area contributed by atoms with Crippen LogP contribution >= 0.6 is 0 Å². The molecule has 1 aliphatic carbocycles. The average Bonchev–Trinajstić information content (AvgIpc) is 2.71. The molecule has 0 saturated carbocycles. The zero-order valence-corrected chi connectivity index (χ0v) is 9.94. The fourth-order valence-electron chi connectivity index (χ4n) is 2.52. The SMILES string of the molecule is COc1ccc2c(c1)C(OC)c1ccccc1-2. The van der Waals surface area contributed by atoms with Crippen LogP contribution in [0.5, 0.6) is 5.75 Å². The van der Waals surface area contributed by atoms with Crippen LogP contribution in [0.3, 0.4) is 0 Å². The van der Waals surface area contributed by atoms with E-state index in [0.29, 0.717) is 0 Å². The van der Waals surface area contributed by atoms with Crippen molar-refractivity contribution in [3.05, 3.63) is 53.6 Å². The van der Waals surface area contributed by atoms with E-state index < -0.39 is 0 Å². The third-order valence-corrected chi connectivity index (χ3v) is 3.31. The Morgan fingerprint density at radius 3 is 2.41 bits per heavy atom. The summed E-state index contributed by atoms with van der Waals surface area (Å²) < 4.78 is 10.9. The molecule has 1 unspecified atom stereocenters. The number of hydrogen-bond acceptors (Lipinski definition) is 2. The van der Waals surface area contributed by atoms with Gasteiger partial charge in [0.05, 0.1) is 7.11 Å². The van der Waals surface area contributed by atoms with Crippen molar-refractivity contribution < 1.29 is 9.47 Å². The molecule has 0 radical (unpaired) electrons. The van der Waals surface area contributed by atoms with E-state index in [4.69, 9.17) is 9.47 Å². The monoisotopic (exact) mass is 226 g/mol. The lowest BCUT2D eigenvalue weighted by Crippen LogP contribution is -1.98. The largest absolute Gasteiger partial charge is 0.497 e. The van der Waals surface area contributed by atoms with Crippen molar-refractivity contribution in [1.29, 1.82) is 0 Å². The molecule has 1 atom stereocenters. The highest BCUT2D eigenvalue weighted by Gasteiger charge is 2.28. The van der Waals surface area contributed by atoms with E-state index in [-0.39, 0.29) is 6.10 Å². The van der Waals surface area contributed by atoms with Crippen LogP contribution in [0.4, 0.5) is 0 Å². The van der Waals surface area contributed by atoms with Crippen LogP contribution in [0.1, 0.15) is 17.2 Å². The van der Waals surface area contributed by atoms with Crippen molar-refractivity contribution in [2.75, 3.05) is 14.2 Å². The molecule has 3 rings (SSSR count). The molecule has 2 aromatic carbocycles. The molecule has 0 bridgehead atoms. The molecule has 2 nitrogen and oxygen atoms in total. The summed E-state index contributed by atoms with van der Waals surface area (Å²) in [7, 11) is 3.43. The van der Waals surface area contributed by atoms with Crippen molar-refractivity contribution >= 4 is 0 Å². The molecule has 0 amide bonds. The van der Waals surface area contributed by atoms with E-state index in [1.807, 2.05) is 12.1 Å². The van der Waals surface area contributed by atoms with Crippen molar-refractivity contribution in [3.63, 3.8) is 0 Å². The van der Waals surface area contributed by atoms with Gasteiger partial charge in [-0.3, -0.25) is 0 Å². The van der Waals surface area contributed by atoms with Gasteiger partial charge >= 0.3 is 0 Å². The van der Waals surface area contributed by atoms with Crippen LogP contribution in [0, 0.1) is 0 Å². The van der Waals surface area contributed by atoms with E-state index in [2.05, 4.69) is 30.3 Å². The van der Waals surface area contributed by atoms with Crippen LogP contribution in [0.25, 0.3) is 11.1 Å². The molecular formula is C15H14O2. The number of rotatable bonds is 2. The highest BCUT2D eigenvalue weighted by Crippen LogP contribution is 2.45. The van der Waals surface area contributed by atoms with Gasteiger partial charge in [-0.25, -0.2) is 0 Å². The molecule has 0 aliphatic heterocycles. The maximum atomic E-state index is 5.61. The van der Waals surface area contributed by atoms with Crippen LogP contribution in [-0.2, 0) is 4.74 Å². The second kappa shape index (κ2) is 3.90. The molecule has 0 aromatic heterocycles. The Hall–Kier alpha value is -1.80. The quantitative estimate of drug-likeness (QED) is 0.781. The molecule has 2 heteroatoms. The third-order valence-electron chi connectivity index (χ3n) is 3.31. The van der Waals surface area contributed by atoms with E-state index in [1.165, 1.54) is 22.3 Å². The summed E-state index contributed by atoms with van der Waals surface area (Å²) in [5, 5.41) is 0. The molecule has 0 saturated heterocycles. The van der Waals surface area contributed by atoms with Crippen LogP contribution < -0.4 is 4.74 Å². The fourth-order valence-corrected chi connectivity index (χ4v) is 2.52. The Kier molecular flexibility index (Phi) is 2.37. The Labute approximate surface area is 101 Å². The van der Waals surface area contributed by atoms with Gasteiger partial charge in [-0.1, -0.05) is 30.3 Å². The van der Waals surface area contributed by atoms with E-state index in [1.54, 1.807) is 14.2 Å². The lowest BCUT2D eigenvalue weighted by molar-refractivity contribution is 0.140. The Morgan fingerprint density at radius 2 is 1.65 bits per heavy atom. The van der Waals surface area contributed by atoms with E-state index in [9.17, 15) is 0 Å². The van der Waals surface area contributed by atoms with E-state index in [0.717, 1.165) is 5.75 Å². The van der Waals surface area contributed by atoms with Gasteiger partial charge < -0.3 is 9.47 Å². The van der Waals surface area contributed by atoms with Crippen molar-refractivity contribution in [3.8, 4) is 16.9 Å². The molecule has 0 heterocycles. The molecule has 2 aromatic rings. The minimum Gasteiger partial charge on any atom is -0.497 e. The number of benzene rings is 2. The first kappa shape index (κ1) is 10.4. The summed E-state index contributed by atoms with van der Waals surface area (Å²) in [6.45, 7) is 0. The van der Waals surface area contributed by atoms with Crippen molar-refractivity contribution in [2.45, 2.75) is 6.10 Å². The van der Waals surface area contributed by atoms with Crippen molar-refractivity contribution in [2.24, 2.45) is 0 Å². The minimum absolute atomic E-state index is 0.0244. The standard InChI is InChI=1S/C15H14O2/c1-16-10-7-8-12-11-5-3-4-6-13(11)15(17-2)14(12)9-10/h3-9,15H,1-2H3. The van der Waals surface area contributed by atoms with E-state index >= 15 is 0 Å². The van der Waals surface area contributed by atoms with Gasteiger partial charge in [-0.05, 0) is 34.4 Å². The first-order valence-corrected chi connectivity index (χ1v) is 5.65. The normalized spacial score (nSPS) is 16.5. The third kappa shape index (κ3) is 1.45. The molecular weight excluding hydrogens is 212 g/mol. The first-order chi connectivity index (χ1) is 8.35. The van der Waals surface area contributed by atoms with Gasteiger partial charge in [0, 0.05) is 7.11 Å². The average molecular weight is 226 g/mol. The number of ether oxygens (including phenoxy) is 2. The second-order valence-corrected chi connectivity index (χ2v) is 4.16. The second-order valence-electron chi connectivity index (χ2n) is 4.16. The smallest absolute Gasteiger partial charge is 0.119 e. The predicted molar refractivity (Wildman–Crippen MR) is 67.3 cm³/mol. The number of hydrogen-bond donors (Lipinski definition) is 0. The maximum absolute atomic E-state index is 5.61. The van der Waals surface area contributed by atoms with Gasteiger partial charge in [0.15, 0.2) is 0 Å². The van der Waals surface area contributed by atoms with Gasteiger partial charge in [0.1, 0.15) is 11.9 Å². The topological polar surface area (TPSA) is 18.5 Å². The number of methoxy groups -OCH3 is 2. The van der Waals surface area contributed by atoms with Gasteiger partial charge in [-0.2, -0.15) is 0 Å². The lowest BCUT2D eigenvalue weighted by Gasteiger charge is -2.11. The molecule has 86 valence electrons. The number of fused-ring (bicyclic) bond motifs is 3. The predicted octanol–water partition coefficient (Wildman–Crippen LogP) is 3.41. The maximum Gasteiger partial charge on any atom is 0.119 e. The highest BCUT2D eigenvalue weighted by atomic mass is 16.5. The summed E-state index contributed by atoms with van der Waals surface area (Å²) in [4.78, 5) is 0. The van der Waals surface area contributed by atoms with Crippen LogP contribution in [-0.4, -0.2) is 14.2 Å². The fraction of sp³-hybridized carbons (Fsp3) is 0.200. The van der Waals surface area contributed by atoms with Crippen LogP contribution in [0.15, 0.2) is 42.5 Å². The van der Waals surface area contributed by atoms with Gasteiger partial charge in [0.25, 0.3) is 0 Å². The summed E-state index contributed by atoms with van der Waals surface area (Å²) in [6, 6.07) is 14.5. The zero-order chi connectivity index (χ0) is 11.8. The Bertz CT molecular complexity index is 561. The summed E-state index contributed by atoms with van der Waals surface area (Å²) >= 11 is 0. The summed E-state index contributed by atoms with van der Waals surface area (Å²) in [6.07, 6.45) is 0.0244. The summed E-state index contributed by atoms with van der Waals surface area (Å²) in [5.74, 6) is 0.874. The van der Waals surface area contributed by atoms with Crippen LogP contribution in [0.2, 0.25) is 0 Å². The Morgan fingerprint density at radius 1 is 0.882 bits per heavy atom. The van der Waals surface area contributed by atoms with Gasteiger partial charge in [-0.15, -0.1) is 0 Å². The summed E-state index contributed by atoms with van der Waals surface area (Å²) in [5.41, 5.74) is 4.93. The first-order valence-electron chi connectivity index (χ1n) is 5.65. The molecule has 0 N–H and O–H groups in total. The van der Waals surface area contributed by atoms with Gasteiger partial charge in [0.2, 0.25) is 0 Å². The molecule has 1 aliphatic rings. The van der Waals surface area contributed by atoms with Crippen molar-refractivity contribution in [1.82, 2.24) is 0 Å². The highest BCUT2D eigenvalue weighted by molar-refractivity contribution is 5.78. The Balaban J connectivity index is 2.23. The minimum atomic E-state index is 0.0244. The molecule has 0 fully saturated rings. The molecule has 17 heavy (non-hydrogen) atoms. The molecule has 0 spiro atoms. The lowest BCUT2D eigenvalue weighted by atomic mass is 10.1.